The van der Waals surface area contributed by atoms with Crippen LogP contribution in [0.3, 0.4) is 0 Å². The minimum atomic E-state index is -0.353. The number of aromatic nitrogens is 3. The van der Waals surface area contributed by atoms with E-state index in [0.717, 1.165) is 69.3 Å². The van der Waals surface area contributed by atoms with Crippen LogP contribution in [0.15, 0.2) is 23.0 Å². The number of hydrogen-bond acceptors (Lipinski definition) is 11. The summed E-state index contributed by atoms with van der Waals surface area (Å²) in [6.45, 7) is 10.1. The molecule has 1 saturated heterocycles. The molecule has 34 heavy (non-hydrogen) atoms. The Labute approximate surface area is 202 Å². The smallest absolute Gasteiger partial charge is 0.350 e. The molecule has 5 rings (SSSR count). The number of carbonyl (C=O) groups is 1. The van der Waals surface area contributed by atoms with Gasteiger partial charge < -0.3 is 19.4 Å². The molecule has 5 heterocycles. The van der Waals surface area contributed by atoms with E-state index in [1.54, 1.807) is 19.5 Å². The number of carbonyl (C=O) groups excluding carboxylic acids is 1. The van der Waals surface area contributed by atoms with Gasteiger partial charge in [0.2, 0.25) is 5.95 Å². The Morgan fingerprint density at radius 1 is 1.26 bits per heavy atom. The SMILES string of the molecule is CCOC(=O)c1sc(Nc2nc3c(c(N4CCNCC4)n2)CCN(Cc2ccoc2)C3)nc1C. The van der Waals surface area contributed by atoms with Gasteiger partial charge in [0.1, 0.15) is 10.7 Å². The monoisotopic (exact) mass is 483 g/mol. The lowest BCUT2D eigenvalue weighted by atomic mass is 10.0. The van der Waals surface area contributed by atoms with Crippen LogP contribution < -0.4 is 15.5 Å². The molecule has 11 heteroatoms. The van der Waals surface area contributed by atoms with E-state index in [1.807, 2.05) is 13.0 Å². The first-order valence-corrected chi connectivity index (χ1v) is 12.4. The molecule has 0 aromatic carbocycles. The summed E-state index contributed by atoms with van der Waals surface area (Å²) in [4.78, 5) is 31.7. The second kappa shape index (κ2) is 10.1. The van der Waals surface area contributed by atoms with Crippen LogP contribution in [-0.4, -0.2) is 65.2 Å². The van der Waals surface area contributed by atoms with Gasteiger partial charge in [0, 0.05) is 56.9 Å². The molecule has 0 radical (unpaired) electrons. The molecule has 1 fully saturated rings. The molecule has 0 bridgehead atoms. The first-order chi connectivity index (χ1) is 16.6. The molecule has 2 N–H and O–H groups in total. The topological polar surface area (TPSA) is 109 Å². The molecular weight excluding hydrogens is 454 g/mol. The van der Waals surface area contributed by atoms with E-state index in [9.17, 15) is 4.79 Å². The largest absolute Gasteiger partial charge is 0.472 e. The molecule has 0 aliphatic carbocycles. The third-order valence-corrected chi connectivity index (χ3v) is 7.05. The molecule has 10 nitrogen and oxygen atoms in total. The molecule has 0 saturated carbocycles. The van der Waals surface area contributed by atoms with Crippen LogP contribution >= 0.6 is 11.3 Å². The quantitative estimate of drug-likeness (QED) is 0.487. The van der Waals surface area contributed by atoms with Crippen LogP contribution in [0.25, 0.3) is 0 Å². The lowest BCUT2D eigenvalue weighted by Crippen LogP contribution is -2.45. The number of furan rings is 1. The number of ether oxygens (including phenoxy) is 1. The number of fused-ring (bicyclic) bond motifs is 1. The standard InChI is InChI=1S/C23H29N7O3S/c1-3-33-21(31)19-15(2)25-23(34-19)28-22-26-18-13-29(12-16-5-11-32-14-16)8-4-17(18)20(27-22)30-9-6-24-7-10-30/h5,11,14,24H,3-4,6-10,12-13H2,1-2H3,(H,25,26,27,28). The third kappa shape index (κ3) is 4.91. The van der Waals surface area contributed by atoms with Crippen LogP contribution in [-0.2, 0) is 24.2 Å². The fourth-order valence-electron chi connectivity index (χ4n) is 4.37. The van der Waals surface area contributed by atoms with Crippen molar-refractivity contribution in [2.45, 2.75) is 33.4 Å². The maximum absolute atomic E-state index is 12.2. The number of aryl methyl sites for hydroxylation is 1. The predicted molar refractivity (Wildman–Crippen MR) is 130 cm³/mol. The van der Waals surface area contributed by atoms with Gasteiger partial charge in [-0.1, -0.05) is 11.3 Å². The highest BCUT2D eigenvalue weighted by molar-refractivity contribution is 7.17. The van der Waals surface area contributed by atoms with Gasteiger partial charge >= 0.3 is 5.97 Å². The Kier molecular flexibility index (Phi) is 6.75. The van der Waals surface area contributed by atoms with E-state index in [2.05, 4.69) is 25.4 Å². The van der Waals surface area contributed by atoms with Gasteiger partial charge in [0.05, 0.1) is 30.5 Å². The summed E-state index contributed by atoms with van der Waals surface area (Å²) < 4.78 is 10.4. The average Bonchev–Trinajstić information content (AvgIpc) is 3.48. The molecule has 3 aromatic heterocycles. The molecule has 2 aliphatic heterocycles. The van der Waals surface area contributed by atoms with E-state index < -0.39 is 0 Å². The molecule has 0 atom stereocenters. The van der Waals surface area contributed by atoms with Crippen LogP contribution in [0.2, 0.25) is 0 Å². The van der Waals surface area contributed by atoms with Crippen molar-refractivity contribution in [3.8, 4) is 0 Å². The summed E-state index contributed by atoms with van der Waals surface area (Å²) in [6.07, 6.45) is 4.40. The van der Waals surface area contributed by atoms with E-state index in [1.165, 1.54) is 16.9 Å². The summed E-state index contributed by atoms with van der Waals surface area (Å²) in [7, 11) is 0. The summed E-state index contributed by atoms with van der Waals surface area (Å²) in [5.41, 5.74) is 4.04. The Balaban J connectivity index is 1.43. The van der Waals surface area contributed by atoms with Crippen LogP contribution in [0.1, 0.15) is 39.1 Å². The maximum Gasteiger partial charge on any atom is 0.350 e. The van der Waals surface area contributed by atoms with Gasteiger partial charge in [-0.25, -0.2) is 14.8 Å². The molecule has 0 unspecified atom stereocenters. The van der Waals surface area contributed by atoms with Gasteiger partial charge in [0.15, 0.2) is 5.13 Å². The zero-order chi connectivity index (χ0) is 23.5. The summed E-state index contributed by atoms with van der Waals surface area (Å²) >= 11 is 1.26. The highest BCUT2D eigenvalue weighted by Crippen LogP contribution is 2.31. The highest BCUT2D eigenvalue weighted by Gasteiger charge is 2.26. The fraction of sp³-hybridized carbons (Fsp3) is 0.478. The van der Waals surface area contributed by atoms with Crippen molar-refractivity contribution in [2.75, 3.05) is 49.5 Å². The second-order valence-corrected chi connectivity index (χ2v) is 9.40. The van der Waals surface area contributed by atoms with Gasteiger partial charge in [-0.2, -0.15) is 4.98 Å². The predicted octanol–water partition coefficient (Wildman–Crippen LogP) is 2.72. The minimum absolute atomic E-state index is 0.330. The van der Waals surface area contributed by atoms with Crippen molar-refractivity contribution in [3.05, 3.63) is 46.0 Å². The van der Waals surface area contributed by atoms with E-state index in [0.29, 0.717) is 28.3 Å². The zero-order valence-electron chi connectivity index (χ0n) is 19.5. The Hall–Kier alpha value is -3.02. The molecule has 3 aromatic rings. The van der Waals surface area contributed by atoms with Crippen molar-refractivity contribution < 1.29 is 13.9 Å². The normalized spacial score (nSPS) is 16.4. The Morgan fingerprint density at radius 2 is 2.12 bits per heavy atom. The van der Waals surface area contributed by atoms with Crippen molar-refractivity contribution in [1.29, 1.82) is 0 Å². The number of nitrogens with one attached hydrogen (secondary N) is 2. The van der Waals surface area contributed by atoms with E-state index >= 15 is 0 Å². The first-order valence-electron chi connectivity index (χ1n) is 11.6. The summed E-state index contributed by atoms with van der Waals surface area (Å²) in [5, 5.41) is 7.25. The van der Waals surface area contributed by atoms with Gasteiger partial charge in [-0.3, -0.25) is 10.2 Å². The maximum atomic E-state index is 12.2. The first kappa shape index (κ1) is 22.8. The van der Waals surface area contributed by atoms with Crippen LogP contribution in [0, 0.1) is 6.92 Å². The fourth-order valence-corrected chi connectivity index (χ4v) is 5.22. The van der Waals surface area contributed by atoms with Crippen molar-refractivity contribution >= 4 is 34.2 Å². The number of thiazole rings is 1. The zero-order valence-corrected chi connectivity index (χ0v) is 20.3. The Morgan fingerprint density at radius 3 is 2.88 bits per heavy atom. The molecular formula is C23H29N7O3S. The number of piperazine rings is 1. The van der Waals surface area contributed by atoms with Gasteiger partial charge in [0.25, 0.3) is 0 Å². The number of rotatable bonds is 7. The lowest BCUT2D eigenvalue weighted by Gasteiger charge is -2.34. The third-order valence-electron chi connectivity index (χ3n) is 6.00. The molecule has 180 valence electrons. The minimum Gasteiger partial charge on any atom is -0.472 e. The lowest BCUT2D eigenvalue weighted by molar-refractivity contribution is 0.0531. The van der Waals surface area contributed by atoms with Crippen LogP contribution in [0.4, 0.5) is 16.9 Å². The number of esters is 1. The summed E-state index contributed by atoms with van der Waals surface area (Å²) in [5.74, 6) is 1.14. The number of hydrogen-bond donors (Lipinski definition) is 2. The van der Waals surface area contributed by atoms with E-state index in [4.69, 9.17) is 19.1 Å². The molecule has 0 spiro atoms. The molecule has 0 amide bonds. The van der Waals surface area contributed by atoms with Crippen molar-refractivity contribution in [2.24, 2.45) is 0 Å². The van der Waals surface area contributed by atoms with Crippen molar-refractivity contribution in [3.63, 3.8) is 0 Å². The van der Waals surface area contributed by atoms with Gasteiger partial charge in [-0.05, 0) is 26.3 Å². The van der Waals surface area contributed by atoms with Crippen molar-refractivity contribution in [1.82, 2.24) is 25.2 Å². The van der Waals surface area contributed by atoms with Gasteiger partial charge in [-0.15, -0.1) is 0 Å². The number of anilines is 3. The van der Waals surface area contributed by atoms with E-state index in [-0.39, 0.29) is 5.97 Å². The van der Waals surface area contributed by atoms with Crippen LogP contribution in [0.5, 0.6) is 0 Å². The summed E-state index contributed by atoms with van der Waals surface area (Å²) in [6, 6.07) is 2.00. The number of nitrogens with zero attached hydrogens (tertiary/aromatic N) is 5. The average molecular weight is 484 g/mol. The highest BCUT2D eigenvalue weighted by atomic mass is 32.1. The Bertz CT molecular complexity index is 1140. The molecule has 2 aliphatic rings. The second-order valence-electron chi connectivity index (χ2n) is 8.40.